The predicted molar refractivity (Wildman–Crippen MR) is 54.6 cm³/mol. The lowest BCUT2D eigenvalue weighted by Gasteiger charge is -2.04. The Labute approximate surface area is 81.7 Å². The van der Waals surface area contributed by atoms with E-state index in [1.807, 2.05) is 12.3 Å². The first-order chi connectivity index (χ1) is 6.09. The molecule has 1 aromatic rings. The number of likely N-dealkylation sites (N-methyl/N-ethyl adjacent to an activating group) is 1. The van der Waals surface area contributed by atoms with E-state index in [1.54, 1.807) is 31.5 Å². The lowest BCUT2D eigenvalue weighted by atomic mass is 10.4. The first-order valence-electron chi connectivity index (χ1n) is 3.91. The van der Waals surface area contributed by atoms with Crippen molar-refractivity contribution in [3.05, 3.63) is 22.2 Å². The van der Waals surface area contributed by atoms with Gasteiger partial charge in [0.25, 0.3) is 0 Å². The molecule has 0 aliphatic rings. The van der Waals surface area contributed by atoms with Gasteiger partial charge in [-0.15, -0.1) is 11.3 Å². The molecule has 13 heavy (non-hydrogen) atoms. The Morgan fingerprint density at radius 1 is 1.62 bits per heavy atom. The number of aromatic nitrogens is 1. The lowest BCUT2D eigenvalue weighted by molar-refractivity contribution is -0.123. The van der Waals surface area contributed by atoms with Gasteiger partial charge in [0.2, 0.25) is 5.91 Å². The highest BCUT2D eigenvalue weighted by atomic mass is 32.1. The van der Waals surface area contributed by atoms with Crippen LogP contribution in [-0.2, 0) is 4.79 Å². The van der Waals surface area contributed by atoms with Crippen LogP contribution in [0.3, 0.4) is 0 Å². The molecule has 1 aromatic heterocycles. The molecule has 0 fully saturated rings. The third-order valence-corrected chi connectivity index (χ3v) is 2.27. The molecule has 0 N–H and O–H groups in total. The first kappa shape index (κ1) is 9.92. The molecule has 1 heterocycles. The van der Waals surface area contributed by atoms with E-state index in [-0.39, 0.29) is 5.91 Å². The van der Waals surface area contributed by atoms with Crippen molar-refractivity contribution < 1.29 is 4.79 Å². The molecule has 1 amide bonds. The minimum absolute atomic E-state index is 0.0225. The summed E-state index contributed by atoms with van der Waals surface area (Å²) in [5.74, 6) is -0.0225. The highest BCUT2D eigenvalue weighted by Gasteiger charge is 1.98. The number of nitrogens with zero attached hydrogens (tertiary/aromatic N) is 2. The number of rotatable bonds is 2. The number of carbonyl (C=O) groups excluding carboxylic acids is 1. The SMILES string of the molecule is Cc1nc(C=CC(=O)N(C)C)cs1. The number of amides is 1. The van der Waals surface area contributed by atoms with Crippen LogP contribution in [0.25, 0.3) is 6.08 Å². The van der Waals surface area contributed by atoms with Crippen LogP contribution in [0.2, 0.25) is 0 Å². The summed E-state index contributed by atoms with van der Waals surface area (Å²) < 4.78 is 0. The molecule has 0 spiro atoms. The second-order valence-corrected chi connectivity index (χ2v) is 3.92. The van der Waals surface area contributed by atoms with Gasteiger partial charge in [-0.25, -0.2) is 4.98 Å². The molecular formula is C9H12N2OS. The summed E-state index contributed by atoms with van der Waals surface area (Å²) in [6.07, 6.45) is 3.25. The van der Waals surface area contributed by atoms with E-state index in [9.17, 15) is 4.79 Å². The Balaban J connectivity index is 2.64. The molecule has 0 radical (unpaired) electrons. The van der Waals surface area contributed by atoms with Gasteiger partial charge in [-0.3, -0.25) is 4.79 Å². The second-order valence-electron chi connectivity index (χ2n) is 2.86. The van der Waals surface area contributed by atoms with Gasteiger partial charge < -0.3 is 4.90 Å². The van der Waals surface area contributed by atoms with E-state index in [4.69, 9.17) is 0 Å². The quantitative estimate of drug-likeness (QED) is 0.672. The third kappa shape index (κ3) is 2.99. The summed E-state index contributed by atoms with van der Waals surface area (Å²) in [4.78, 5) is 16.9. The van der Waals surface area contributed by atoms with Gasteiger partial charge in [-0.1, -0.05) is 0 Å². The van der Waals surface area contributed by atoms with E-state index in [1.165, 1.54) is 11.0 Å². The van der Waals surface area contributed by atoms with E-state index in [2.05, 4.69) is 4.98 Å². The number of aryl methyl sites for hydroxylation is 1. The van der Waals surface area contributed by atoms with Crippen molar-refractivity contribution >= 4 is 23.3 Å². The van der Waals surface area contributed by atoms with Crippen LogP contribution in [0.15, 0.2) is 11.5 Å². The van der Waals surface area contributed by atoms with Crippen LogP contribution in [0, 0.1) is 6.92 Å². The first-order valence-corrected chi connectivity index (χ1v) is 4.79. The third-order valence-electron chi connectivity index (χ3n) is 1.47. The summed E-state index contributed by atoms with van der Waals surface area (Å²) in [5.41, 5.74) is 0.845. The zero-order chi connectivity index (χ0) is 9.84. The van der Waals surface area contributed by atoms with Gasteiger partial charge in [0.1, 0.15) is 0 Å². The molecule has 70 valence electrons. The summed E-state index contributed by atoms with van der Waals surface area (Å²) in [5, 5.41) is 2.94. The van der Waals surface area contributed by atoms with Gasteiger partial charge in [-0.2, -0.15) is 0 Å². The monoisotopic (exact) mass is 196 g/mol. The van der Waals surface area contributed by atoms with Crippen molar-refractivity contribution in [2.24, 2.45) is 0 Å². The maximum atomic E-state index is 11.1. The minimum Gasteiger partial charge on any atom is -0.345 e. The standard InChI is InChI=1S/C9H12N2OS/c1-7-10-8(6-13-7)4-5-9(12)11(2)3/h4-6H,1-3H3. The van der Waals surface area contributed by atoms with E-state index in [0.29, 0.717) is 0 Å². The topological polar surface area (TPSA) is 33.2 Å². The van der Waals surface area contributed by atoms with Gasteiger partial charge in [-0.05, 0) is 13.0 Å². The van der Waals surface area contributed by atoms with Crippen LogP contribution in [0.4, 0.5) is 0 Å². The lowest BCUT2D eigenvalue weighted by Crippen LogP contribution is -2.18. The normalized spacial score (nSPS) is 10.7. The van der Waals surface area contributed by atoms with Crippen molar-refractivity contribution in [2.75, 3.05) is 14.1 Å². The van der Waals surface area contributed by atoms with Crippen LogP contribution >= 0.6 is 11.3 Å². The molecule has 4 heteroatoms. The Bertz CT molecular complexity index is 328. The van der Waals surface area contributed by atoms with Crippen LogP contribution < -0.4 is 0 Å². The molecule has 0 aliphatic carbocycles. The fraction of sp³-hybridized carbons (Fsp3) is 0.333. The van der Waals surface area contributed by atoms with Gasteiger partial charge in [0, 0.05) is 25.6 Å². The van der Waals surface area contributed by atoms with Crippen molar-refractivity contribution in [1.29, 1.82) is 0 Å². The largest absolute Gasteiger partial charge is 0.345 e. The minimum atomic E-state index is -0.0225. The molecule has 0 aromatic carbocycles. The van der Waals surface area contributed by atoms with Crippen LogP contribution in [0.1, 0.15) is 10.7 Å². The van der Waals surface area contributed by atoms with Crippen molar-refractivity contribution in [2.45, 2.75) is 6.92 Å². The molecule has 0 bridgehead atoms. The van der Waals surface area contributed by atoms with E-state index >= 15 is 0 Å². The molecule has 0 unspecified atom stereocenters. The number of hydrogen-bond donors (Lipinski definition) is 0. The average Bonchev–Trinajstić information content (AvgIpc) is 2.47. The summed E-state index contributed by atoms with van der Waals surface area (Å²) in [6, 6.07) is 0. The number of thiazole rings is 1. The van der Waals surface area contributed by atoms with Crippen LogP contribution in [0.5, 0.6) is 0 Å². The van der Waals surface area contributed by atoms with Gasteiger partial charge in [0.05, 0.1) is 10.7 Å². The zero-order valence-electron chi connectivity index (χ0n) is 7.94. The van der Waals surface area contributed by atoms with Gasteiger partial charge in [0.15, 0.2) is 0 Å². The Kier molecular flexibility index (Phi) is 3.19. The molecular weight excluding hydrogens is 184 g/mol. The van der Waals surface area contributed by atoms with E-state index in [0.717, 1.165) is 10.7 Å². The Morgan fingerprint density at radius 3 is 2.77 bits per heavy atom. The average molecular weight is 196 g/mol. The summed E-state index contributed by atoms with van der Waals surface area (Å²) in [7, 11) is 3.44. The number of hydrogen-bond acceptors (Lipinski definition) is 3. The van der Waals surface area contributed by atoms with Crippen molar-refractivity contribution in [3.8, 4) is 0 Å². The van der Waals surface area contributed by atoms with Gasteiger partial charge >= 0.3 is 0 Å². The predicted octanol–water partition coefficient (Wildman–Crippen LogP) is 1.55. The van der Waals surface area contributed by atoms with Crippen LogP contribution in [-0.4, -0.2) is 29.9 Å². The maximum absolute atomic E-state index is 11.1. The Hall–Kier alpha value is -1.16. The smallest absolute Gasteiger partial charge is 0.246 e. The molecule has 3 nitrogen and oxygen atoms in total. The molecule has 0 saturated heterocycles. The zero-order valence-corrected chi connectivity index (χ0v) is 8.76. The van der Waals surface area contributed by atoms with Crippen molar-refractivity contribution in [1.82, 2.24) is 9.88 Å². The highest BCUT2D eigenvalue weighted by molar-refractivity contribution is 7.09. The second kappa shape index (κ2) is 4.18. The Morgan fingerprint density at radius 2 is 2.31 bits per heavy atom. The van der Waals surface area contributed by atoms with Crippen molar-refractivity contribution in [3.63, 3.8) is 0 Å². The number of carbonyl (C=O) groups is 1. The highest BCUT2D eigenvalue weighted by Crippen LogP contribution is 2.09. The summed E-state index contributed by atoms with van der Waals surface area (Å²) in [6.45, 7) is 1.94. The molecule has 1 rings (SSSR count). The maximum Gasteiger partial charge on any atom is 0.246 e. The fourth-order valence-electron chi connectivity index (χ4n) is 0.762. The van der Waals surface area contributed by atoms with E-state index < -0.39 is 0 Å². The molecule has 0 saturated carbocycles. The fourth-order valence-corrected chi connectivity index (χ4v) is 1.34. The summed E-state index contributed by atoms with van der Waals surface area (Å²) >= 11 is 1.58. The molecule has 0 aliphatic heterocycles. The molecule has 0 atom stereocenters.